The summed E-state index contributed by atoms with van der Waals surface area (Å²) < 4.78 is 4.43. The van der Waals surface area contributed by atoms with Crippen molar-refractivity contribution < 1.29 is 14.3 Å². The van der Waals surface area contributed by atoms with Gasteiger partial charge >= 0.3 is 11.0 Å². The minimum atomic E-state index is -0.890. The van der Waals surface area contributed by atoms with E-state index >= 15 is 0 Å². The Hall–Kier alpha value is -1.32. The third-order valence-corrected chi connectivity index (χ3v) is 3.06. The molecule has 0 N–H and O–H groups in total. The lowest BCUT2D eigenvalue weighted by Crippen LogP contribution is -2.15. The van der Waals surface area contributed by atoms with E-state index < -0.39 is 16.9 Å². The van der Waals surface area contributed by atoms with Crippen molar-refractivity contribution in [1.82, 2.24) is 0 Å². The molecule has 0 amide bonds. The van der Waals surface area contributed by atoms with Crippen LogP contribution in [0.15, 0.2) is 23.0 Å². The molecule has 0 fully saturated rings. The molecule has 0 bridgehead atoms. The van der Waals surface area contributed by atoms with E-state index in [2.05, 4.69) is 9.53 Å². The van der Waals surface area contributed by atoms with E-state index in [1.807, 2.05) is 0 Å². The second kappa shape index (κ2) is 3.90. The van der Waals surface area contributed by atoms with Gasteiger partial charge in [0.1, 0.15) is 0 Å². The molecular formula is C7H8N2O2S. The van der Waals surface area contributed by atoms with Gasteiger partial charge in [-0.15, -0.1) is 10.9 Å². The summed E-state index contributed by atoms with van der Waals surface area (Å²) in [5.74, 6) is -0.584. The average Bonchev–Trinajstić information content (AvgIpc) is 2.58. The molecule has 0 spiro atoms. The van der Waals surface area contributed by atoms with E-state index in [0.717, 1.165) is 0 Å². The zero-order valence-corrected chi connectivity index (χ0v) is 7.36. The van der Waals surface area contributed by atoms with Gasteiger partial charge in [-0.25, -0.2) is 4.79 Å². The maximum Gasteiger partial charge on any atom is 0.427 e. The molecule has 12 heavy (non-hydrogen) atoms. The molecule has 0 aliphatic carbocycles. The Morgan fingerprint density at radius 2 is 2.08 bits per heavy atom. The highest BCUT2D eigenvalue weighted by atomic mass is 32.2. The first-order chi connectivity index (χ1) is 5.79. The van der Waals surface area contributed by atoms with Crippen LogP contribution in [-0.4, -0.2) is 22.9 Å². The van der Waals surface area contributed by atoms with Crippen molar-refractivity contribution in [2.75, 3.05) is 7.11 Å². The number of methoxy groups -OCH3 is 1. The molecule has 1 heterocycles. The molecule has 4 nitrogen and oxygen atoms in total. The van der Waals surface area contributed by atoms with Gasteiger partial charge < -0.3 is 10.3 Å². The van der Waals surface area contributed by atoms with Crippen molar-refractivity contribution in [2.24, 2.45) is 0 Å². The monoisotopic (exact) mass is 184 g/mol. The molecule has 0 unspecified atom stereocenters. The van der Waals surface area contributed by atoms with Crippen molar-refractivity contribution >= 4 is 21.9 Å². The summed E-state index contributed by atoms with van der Waals surface area (Å²) in [6.07, 6.45) is 3.61. The van der Waals surface area contributed by atoms with Crippen LogP contribution in [0.5, 0.6) is 0 Å². The summed E-state index contributed by atoms with van der Waals surface area (Å²) in [6.45, 7) is 0. The largest absolute Gasteiger partial charge is 0.460 e. The lowest BCUT2D eigenvalue weighted by molar-refractivity contribution is -0.136. The molecular weight excluding hydrogens is 176 g/mol. The molecule has 0 aromatic rings. The molecule has 0 aromatic heterocycles. The van der Waals surface area contributed by atoms with Gasteiger partial charge in [0, 0.05) is 0 Å². The smallest absolute Gasteiger partial charge is 0.427 e. The Kier molecular flexibility index (Phi) is 2.85. The Bertz CT molecular complexity index is 291. The highest BCUT2D eigenvalue weighted by molar-refractivity contribution is 8.35. The van der Waals surface area contributed by atoms with E-state index in [4.69, 9.17) is 5.53 Å². The zero-order chi connectivity index (χ0) is 8.97. The molecule has 0 radical (unpaired) electrons. The molecule has 1 rings (SSSR count). The lowest BCUT2D eigenvalue weighted by Gasteiger charge is -2.00. The topological polar surface area (TPSA) is 62.7 Å². The van der Waals surface area contributed by atoms with E-state index in [1.54, 1.807) is 23.0 Å². The van der Waals surface area contributed by atoms with Crippen molar-refractivity contribution in [3.05, 3.63) is 28.5 Å². The molecule has 0 saturated heterocycles. The van der Waals surface area contributed by atoms with Gasteiger partial charge in [0.2, 0.25) is 0 Å². The second-order valence-electron chi connectivity index (χ2n) is 2.01. The van der Waals surface area contributed by atoms with Crippen LogP contribution in [-0.2, 0) is 9.53 Å². The highest BCUT2D eigenvalue weighted by Gasteiger charge is 2.26. The maximum atomic E-state index is 11.0. The molecule has 1 aliphatic heterocycles. The normalized spacial score (nSPS) is 15.9. The van der Waals surface area contributed by atoms with Crippen LogP contribution < -0.4 is 0 Å². The van der Waals surface area contributed by atoms with Crippen LogP contribution in [0.3, 0.4) is 0 Å². The quantitative estimate of drug-likeness (QED) is 0.151. The van der Waals surface area contributed by atoms with Gasteiger partial charge in [0.15, 0.2) is 0 Å². The third-order valence-electron chi connectivity index (χ3n) is 1.31. The zero-order valence-electron chi connectivity index (χ0n) is 6.47. The van der Waals surface area contributed by atoms with Crippen molar-refractivity contribution in [1.29, 1.82) is 0 Å². The first-order valence-electron chi connectivity index (χ1n) is 3.23. The summed E-state index contributed by atoms with van der Waals surface area (Å²) >= 11 is 0. The number of thiol groups is 1. The summed E-state index contributed by atoms with van der Waals surface area (Å²) in [6, 6.07) is 0. The van der Waals surface area contributed by atoms with E-state index in [1.165, 1.54) is 7.11 Å². The number of carbonyl (C=O) groups excluding carboxylic acids is 1. The van der Waals surface area contributed by atoms with Crippen molar-refractivity contribution in [2.45, 2.75) is 0 Å². The summed E-state index contributed by atoms with van der Waals surface area (Å²) in [4.78, 5) is 13.9. The summed E-state index contributed by atoms with van der Waals surface area (Å²) in [5.41, 5.74) is 8.52. The predicted octanol–water partition coefficient (Wildman–Crippen LogP) is 0.830. The first kappa shape index (κ1) is 8.77. The predicted molar refractivity (Wildman–Crippen MR) is 47.9 cm³/mol. The van der Waals surface area contributed by atoms with Crippen LogP contribution in [0.2, 0.25) is 0 Å². The van der Waals surface area contributed by atoms with E-state index in [-0.39, 0.29) is 5.04 Å². The molecule has 0 atom stereocenters. The standard InChI is InChI=1S/C7H8N2O2S/c1-11-7(10)6(9-8)12-4-2-3-5-12/h2-5,12H,1H3. The second-order valence-corrected chi connectivity index (χ2v) is 3.84. The molecule has 0 aromatic carbocycles. The fraction of sp³-hybridized carbons (Fsp3) is 0.143. The SMILES string of the molecule is COC(=O)C(=[N+]=[N-])[SH]1C=CC=C1. The number of rotatable bonds is 0. The Balaban J connectivity index is 2.84. The van der Waals surface area contributed by atoms with Crippen molar-refractivity contribution in [3.63, 3.8) is 0 Å². The molecule has 1 aliphatic rings. The van der Waals surface area contributed by atoms with E-state index in [0.29, 0.717) is 0 Å². The fourth-order valence-corrected chi connectivity index (χ4v) is 2.12. The number of nitrogens with zero attached hydrogens (tertiary/aromatic N) is 2. The summed E-state index contributed by atoms with van der Waals surface area (Å²) in [5, 5.41) is 3.68. The van der Waals surface area contributed by atoms with Crippen LogP contribution in [0.1, 0.15) is 0 Å². The number of carbonyl (C=O) groups is 1. The third kappa shape index (κ3) is 1.64. The number of ether oxygens (including phenoxy) is 1. The maximum absolute atomic E-state index is 11.0. The minimum absolute atomic E-state index is 0.0671. The van der Waals surface area contributed by atoms with E-state index in [9.17, 15) is 4.79 Å². The van der Waals surface area contributed by atoms with Gasteiger partial charge in [-0.3, -0.25) is 0 Å². The van der Waals surface area contributed by atoms with Crippen LogP contribution in [0, 0.1) is 0 Å². The Morgan fingerprint density at radius 1 is 1.50 bits per heavy atom. The Morgan fingerprint density at radius 3 is 2.50 bits per heavy atom. The number of hydrogen-bond acceptors (Lipinski definition) is 2. The van der Waals surface area contributed by atoms with Crippen LogP contribution >= 0.6 is 10.9 Å². The number of allylic oxidation sites excluding steroid dienone is 2. The molecule has 5 heteroatoms. The van der Waals surface area contributed by atoms with Crippen molar-refractivity contribution in [3.8, 4) is 0 Å². The number of hydrogen-bond donors (Lipinski definition) is 1. The van der Waals surface area contributed by atoms with Gasteiger partial charge in [0.25, 0.3) is 0 Å². The average molecular weight is 184 g/mol. The molecule has 0 saturated carbocycles. The number of esters is 1. The fourth-order valence-electron chi connectivity index (χ4n) is 0.765. The first-order valence-corrected chi connectivity index (χ1v) is 4.71. The van der Waals surface area contributed by atoms with Crippen LogP contribution in [0.4, 0.5) is 0 Å². The van der Waals surface area contributed by atoms with Gasteiger partial charge in [-0.05, 0) is 10.8 Å². The highest BCUT2D eigenvalue weighted by Crippen LogP contribution is 2.33. The van der Waals surface area contributed by atoms with Gasteiger partial charge in [0.05, 0.1) is 7.11 Å². The van der Waals surface area contributed by atoms with Gasteiger partial charge in [-0.1, -0.05) is 12.2 Å². The Labute approximate surface area is 72.5 Å². The van der Waals surface area contributed by atoms with Gasteiger partial charge in [-0.2, -0.15) is 4.79 Å². The summed E-state index contributed by atoms with van der Waals surface area (Å²) in [7, 11) is 0.367. The van der Waals surface area contributed by atoms with Crippen LogP contribution in [0.25, 0.3) is 5.53 Å². The minimum Gasteiger partial charge on any atom is -0.460 e. The molecule has 64 valence electrons. The lowest BCUT2D eigenvalue weighted by atomic mass is 10.6.